The van der Waals surface area contributed by atoms with Crippen LogP contribution in [-0.4, -0.2) is 54.8 Å². The molecular formula is C22H21N3O5. The van der Waals surface area contributed by atoms with Gasteiger partial charge >= 0.3 is 0 Å². The van der Waals surface area contributed by atoms with Gasteiger partial charge in [0.25, 0.3) is 17.7 Å². The van der Waals surface area contributed by atoms with Crippen LogP contribution in [0, 0.1) is 0 Å². The van der Waals surface area contributed by atoms with Gasteiger partial charge in [-0.2, -0.15) is 0 Å². The van der Waals surface area contributed by atoms with E-state index < -0.39 is 6.10 Å². The fraction of sp³-hybridized carbons (Fsp3) is 0.273. The molecule has 30 heavy (non-hydrogen) atoms. The number of nitrogens with one attached hydrogen (secondary N) is 1. The van der Waals surface area contributed by atoms with Crippen LogP contribution in [0.5, 0.6) is 5.75 Å². The maximum atomic E-state index is 12.9. The molecule has 2 aromatic rings. The zero-order chi connectivity index (χ0) is 21.3. The van der Waals surface area contributed by atoms with Crippen LogP contribution in [0.4, 0.5) is 5.69 Å². The molecule has 8 heteroatoms. The van der Waals surface area contributed by atoms with Crippen LogP contribution in [0.2, 0.25) is 0 Å². The molecule has 0 saturated heterocycles. The van der Waals surface area contributed by atoms with Gasteiger partial charge in [0.2, 0.25) is 5.91 Å². The van der Waals surface area contributed by atoms with Crippen molar-refractivity contribution in [3.63, 3.8) is 0 Å². The van der Waals surface area contributed by atoms with Crippen molar-refractivity contribution >= 4 is 29.3 Å². The Bertz CT molecular complexity index is 1000. The molecule has 0 bridgehead atoms. The Morgan fingerprint density at radius 2 is 1.67 bits per heavy atom. The van der Waals surface area contributed by atoms with Gasteiger partial charge in [-0.05, 0) is 30.7 Å². The summed E-state index contributed by atoms with van der Waals surface area (Å²) < 4.78 is 5.71. The van der Waals surface area contributed by atoms with E-state index in [-0.39, 0.29) is 43.1 Å². The zero-order valence-corrected chi connectivity index (χ0v) is 16.5. The molecule has 2 aliphatic rings. The lowest BCUT2D eigenvalue weighted by molar-refractivity contribution is -0.128. The molecule has 154 valence electrons. The SMILES string of the molecule is CNC(=O)[C@H]1CN(C(=O)CCCN2C(=O)c3ccccc3C2=O)c2ccccc2O1. The number of hydrogen-bond acceptors (Lipinski definition) is 5. The molecule has 0 unspecified atom stereocenters. The smallest absolute Gasteiger partial charge is 0.262 e. The van der Waals surface area contributed by atoms with Gasteiger partial charge in [0.05, 0.1) is 23.4 Å². The number of benzene rings is 2. The summed E-state index contributed by atoms with van der Waals surface area (Å²) in [5.41, 5.74) is 1.39. The number of anilines is 1. The van der Waals surface area contributed by atoms with Gasteiger partial charge in [-0.15, -0.1) is 0 Å². The lowest BCUT2D eigenvalue weighted by Crippen LogP contribution is -2.50. The minimum absolute atomic E-state index is 0.0997. The van der Waals surface area contributed by atoms with Gasteiger partial charge in [0.15, 0.2) is 6.10 Å². The number of carbonyl (C=O) groups is 4. The second-order valence-corrected chi connectivity index (χ2v) is 7.10. The molecule has 0 aliphatic carbocycles. The van der Waals surface area contributed by atoms with Crippen LogP contribution >= 0.6 is 0 Å². The highest BCUT2D eigenvalue weighted by Crippen LogP contribution is 2.33. The van der Waals surface area contributed by atoms with Gasteiger partial charge in [-0.1, -0.05) is 24.3 Å². The predicted octanol–water partition coefficient (Wildman–Crippen LogP) is 1.60. The zero-order valence-electron chi connectivity index (χ0n) is 16.5. The molecule has 4 amide bonds. The summed E-state index contributed by atoms with van der Waals surface area (Å²) in [6.07, 6.45) is -0.346. The second kappa shape index (κ2) is 7.98. The number of carbonyl (C=O) groups excluding carboxylic acids is 4. The molecule has 4 rings (SSSR count). The molecule has 2 aromatic carbocycles. The summed E-state index contributed by atoms with van der Waals surface area (Å²) in [6, 6.07) is 13.7. The Balaban J connectivity index is 1.42. The third-order valence-corrected chi connectivity index (χ3v) is 5.26. The number of amides is 4. The van der Waals surface area contributed by atoms with Crippen molar-refractivity contribution in [2.45, 2.75) is 18.9 Å². The maximum absolute atomic E-state index is 12.9. The largest absolute Gasteiger partial charge is 0.477 e. The van der Waals surface area contributed by atoms with Crippen LogP contribution < -0.4 is 15.0 Å². The van der Waals surface area contributed by atoms with Crippen LogP contribution in [0.1, 0.15) is 33.6 Å². The first-order valence-corrected chi connectivity index (χ1v) is 9.74. The molecule has 2 heterocycles. The van der Waals surface area contributed by atoms with Crippen LogP contribution in [-0.2, 0) is 9.59 Å². The second-order valence-electron chi connectivity index (χ2n) is 7.10. The predicted molar refractivity (Wildman–Crippen MR) is 108 cm³/mol. The molecule has 0 fully saturated rings. The first-order valence-electron chi connectivity index (χ1n) is 9.74. The van der Waals surface area contributed by atoms with Crippen LogP contribution in [0.25, 0.3) is 0 Å². The quantitative estimate of drug-likeness (QED) is 0.760. The van der Waals surface area contributed by atoms with E-state index in [1.54, 1.807) is 48.5 Å². The van der Waals surface area contributed by atoms with E-state index in [4.69, 9.17) is 4.74 Å². The summed E-state index contributed by atoms with van der Waals surface area (Å²) in [6.45, 7) is 0.255. The minimum atomic E-state index is -0.801. The van der Waals surface area contributed by atoms with E-state index in [0.29, 0.717) is 29.0 Å². The highest BCUT2D eigenvalue weighted by Gasteiger charge is 2.36. The number of imide groups is 1. The summed E-state index contributed by atoms with van der Waals surface area (Å²) >= 11 is 0. The number of hydrogen-bond donors (Lipinski definition) is 1. The highest BCUT2D eigenvalue weighted by atomic mass is 16.5. The summed E-state index contributed by atoms with van der Waals surface area (Å²) in [4.78, 5) is 52.6. The molecule has 1 N–H and O–H groups in total. The molecule has 0 saturated carbocycles. The van der Waals surface area contributed by atoms with Crippen molar-refractivity contribution in [2.75, 3.05) is 25.0 Å². The topological polar surface area (TPSA) is 96.0 Å². The Labute approximate surface area is 173 Å². The fourth-order valence-electron chi connectivity index (χ4n) is 3.73. The van der Waals surface area contributed by atoms with Crippen molar-refractivity contribution in [1.82, 2.24) is 10.2 Å². The molecule has 1 atom stereocenters. The lowest BCUT2D eigenvalue weighted by atomic mass is 10.1. The molecule has 0 spiro atoms. The summed E-state index contributed by atoms with van der Waals surface area (Å²) in [7, 11) is 1.51. The van der Waals surface area contributed by atoms with Crippen LogP contribution in [0.3, 0.4) is 0 Å². The molecule has 2 aliphatic heterocycles. The lowest BCUT2D eigenvalue weighted by Gasteiger charge is -2.34. The number of rotatable bonds is 5. The molecular weight excluding hydrogens is 386 g/mol. The van der Waals surface area contributed by atoms with E-state index in [0.717, 1.165) is 0 Å². The van der Waals surface area contributed by atoms with E-state index >= 15 is 0 Å². The third-order valence-electron chi connectivity index (χ3n) is 5.26. The molecule has 0 aromatic heterocycles. The standard InChI is InChI=1S/C22H21N3O5/c1-23-20(27)18-13-25(16-9-4-5-10-17(16)30-18)19(26)11-6-12-24-21(28)14-7-2-3-8-15(14)22(24)29/h2-5,7-10,18H,6,11-13H2,1H3,(H,23,27)/t18-/m1/s1. The van der Waals surface area contributed by atoms with Gasteiger partial charge in [-0.3, -0.25) is 24.1 Å². The van der Waals surface area contributed by atoms with Crippen molar-refractivity contribution in [1.29, 1.82) is 0 Å². The van der Waals surface area contributed by atoms with Gasteiger partial charge in [0, 0.05) is 20.0 Å². The normalized spacial score (nSPS) is 17.3. The minimum Gasteiger partial charge on any atom is -0.477 e. The van der Waals surface area contributed by atoms with E-state index in [1.807, 2.05) is 0 Å². The number of likely N-dealkylation sites (N-methyl/N-ethyl adjacent to an activating group) is 1. The Morgan fingerprint density at radius 3 is 2.33 bits per heavy atom. The van der Waals surface area contributed by atoms with Crippen LogP contribution in [0.15, 0.2) is 48.5 Å². The third kappa shape index (κ3) is 3.41. The van der Waals surface area contributed by atoms with Crippen molar-refractivity contribution in [3.8, 4) is 5.75 Å². The van der Waals surface area contributed by atoms with Gasteiger partial charge in [0.1, 0.15) is 5.75 Å². The Kier molecular flexibility index (Phi) is 5.22. The first-order chi connectivity index (χ1) is 14.5. The highest BCUT2D eigenvalue weighted by molar-refractivity contribution is 6.21. The maximum Gasteiger partial charge on any atom is 0.262 e. The monoisotopic (exact) mass is 407 g/mol. The fourth-order valence-corrected chi connectivity index (χ4v) is 3.73. The van der Waals surface area contributed by atoms with Gasteiger partial charge < -0.3 is 15.0 Å². The number of para-hydroxylation sites is 2. The van der Waals surface area contributed by atoms with E-state index in [1.165, 1.54) is 16.8 Å². The van der Waals surface area contributed by atoms with Crippen molar-refractivity contribution in [3.05, 3.63) is 59.7 Å². The van der Waals surface area contributed by atoms with E-state index in [2.05, 4.69) is 5.32 Å². The van der Waals surface area contributed by atoms with E-state index in [9.17, 15) is 19.2 Å². The average molecular weight is 407 g/mol. The molecule has 0 radical (unpaired) electrons. The first kappa shape index (κ1) is 19.6. The number of ether oxygens (including phenoxy) is 1. The summed E-state index contributed by atoms with van der Waals surface area (Å²) in [5, 5.41) is 2.54. The summed E-state index contributed by atoms with van der Waals surface area (Å²) in [5.74, 6) is -0.713. The number of nitrogens with zero attached hydrogens (tertiary/aromatic N) is 2. The van der Waals surface area contributed by atoms with Crippen molar-refractivity contribution in [2.24, 2.45) is 0 Å². The Morgan fingerprint density at radius 1 is 1.03 bits per heavy atom. The Hall–Kier alpha value is -3.68. The average Bonchev–Trinajstić information content (AvgIpc) is 3.02. The van der Waals surface area contributed by atoms with Gasteiger partial charge in [-0.25, -0.2) is 0 Å². The molecule has 8 nitrogen and oxygen atoms in total. The number of fused-ring (bicyclic) bond motifs is 2. The van der Waals surface area contributed by atoms with Crippen molar-refractivity contribution < 1.29 is 23.9 Å².